The van der Waals surface area contributed by atoms with Crippen LogP contribution in [0.3, 0.4) is 0 Å². The lowest BCUT2D eigenvalue weighted by molar-refractivity contribution is -0.115. The first-order chi connectivity index (χ1) is 7.63. The Hall–Kier alpha value is -2.04. The minimum absolute atomic E-state index is 0.129. The summed E-state index contributed by atoms with van der Waals surface area (Å²) in [7, 11) is 0. The number of aromatic carboxylic acids is 1. The third-order valence-electron chi connectivity index (χ3n) is 2.59. The highest BCUT2D eigenvalue weighted by atomic mass is 16.4. The number of carboxylic acids is 1. The molecule has 0 unspecified atom stereocenters. The zero-order valence-electron chi connectivity index (χ0n) is 8.86. The van der Waals surface area contributed by atoms with Crippen LogP contribution in [0.4, 0.5) is 11.4 Å². The topological polar surface area (TPSA) is 69.6 Å². The van der Waals surface area contributed by atoms with E-state index in [1.165, 1.54) is 6.07 Å². The summed E-state index contributed by atoms with van der Waals surface area (Å²) in [5.74, 6) is -1.21. The average molecular weight is 220 g/mol. The maximum absolute atomic E-state index is 11.4. The van der Waals surface area contributed by atoms with Crippen molar-refractivity contribution in [2.75, 3.05) is 23.3 Å². The SMILES string of the molecule is CCN1CC(=O)Nc2c(C(=O)O)cccc21. The number of carboxylic acid groups (broad SMARTS) is 1. The molecule has 1 aliphatic rings. The number of fused-ring (bicyclic) bond motifs is 1. The van der Waals surface area contributed by atoms with E-state index in [4.69, 9.17) is 5.11 Å². The van der Waals surface area contributed by atoms with Crippen molar-refractivity contribution in [3.63, 3.8) is 0 Å². The molecule has 0 fully saturated rings. The van der Waals surface area contributed by atoms with Crippen LogP contribution in [0.2, 0.25) is 0 Å². The first-order valence-corrected chi connectivity index (χ1v) is 5.04. The molecule has 1 heterocycles. The van der Waals surface area contributed by atoms with Gasteiger partial charge in [0, 0.05) is 6.54 Å². The molecule has 2 N–H and O–H groups in total. The van der Waals surface area contributed by atoms with Crippen LogP contribution in [0.25, 0.3) is 0 Å². The predicted molar refractivity (Wildman–Crippen MR) is 59.9 cm³/mol. The molecular formula is C11H12N2O3. The number of rotatable bonds is 2. The molecule has 0 spiro atoms. The van der Waals surface area contributed by atoms with Gasteiger partial charge in [0.1, 0.15) is 0 Å². The Bertz CT molecular complexity index is 457. The number of amides is 1. The van der Waals surface area contributed by atoms with E-state index in [0.717, 1.165) is 5.69 Å². The quantitative estimate of drug-likeness (QED) is 0.784. The van der Waals surface area contributed by atoms with Crippen molar-refractivity contribution >= 4 is 23.3 Å². The van der Waals surface area contributed by atoms with Crippen LogP contribution in [0, 0.1) is 0 Å². The van der Waals surface area contributed by atoms with Gasteiger partial charge in [0.25, 0.3) is 0 Å². The van der Waals surface area contributed by atoms with E-state index in [0.29, 0.717) is 12.2 Å². The van der Waals surface area contributed by atoms with Gasteiger partial charge in [-0.05, 0) is 19.1 Å². The molecule has 0 bridgehead atoms. The van der Waals surface area contributed by atoms with Gasteiger partial charge in [-0.25, -0.2) is 4.79 Å². The summed E-state index contributed by atoms with van der Waals surface area (Å²) in [5, 5.41) is 11.6. The monoisotopic (exact) mass is 220 g/mol. The van der Waals surface area contributed by atoms with Crippen LogP contribution >= 0.6 is 0 Å². The van der Waals surface area contributed by atoms with Gasteiger partial charge in [-0.1, -0.05) is 6.07 Å². The fourth-order valence-electron chi connectivity index (χ4n) is 1.83. The highest BCUT2D eigenvalue weighted by Crippen LogP contribution is 2.32. The van der Waals surface area contributed by atoms with Gasteiger partial charge >= 0.3 is 5.97 Å². The number of hydrogen-bond donors (Lipinski definition) is 2. The molecule has 0 atom stereocenters. The molecule has 5 nitrogen and oxygen atoms in total. The van der Waals surface area contributed by atoms with Gasteiger partial charge in [0.05, 0.1) is 23.5 Å². The number of carbonyl (C=O) groups excluding carboxylic acids is 1. The lowest BCUT2D eigenvalue weighted by Crippen LogP contribution is -2.38. The molecule has 5 heteroatoms. The van der Waals surface area contributed by atoms with Gasteiger partial charge in [0.15, 0.2) is 0 Å². The summed E-state index contributed by atoms with van der Waals surface area (Å²) in [6.07, 6.45) is 0. The van der Waals surface area contributed by atoms with Crippen LogP contribution in [0.15, 0.2) is 18.2 Å². The van der Waals surface area contributed by atoms with Gasteiger partial charge in [-0.15, -0.1) is 0 Å². The first-order valence-electron chi connectivity index (χ1n) is 5.04. The molecule has 0 aromatic heterocycles. The summed E-state index contributed by atoms with van der Waals surface area (Å²) >= 11 is 0. The van der Waals surface area contributed by atoms with Crippen LogP contribution in [0.5, 0.6) is 0 Å². The summed E-state index contributed by atoms with van der Waals surface area (Å²) in [6.45, 7) is 2.87. The van der Waals surface area contributed by atoms with Crippen LogP contribution in [0.1, 0.15) is 17.3 Å². The van der Waals surface area contributed by atoms with E-state index in [9.17, 15) is 9.59 Å². The second-order valence-corrected chi connectivity index (χ2v) is 3.57. The van der Waals surface area contributed by atoms with Crippen LogP contribution < -0.4 is 10.2 Å². The Morgan fingerprint density at radius 1 is 1.56 bits per heavy atom. The summed E-state index contributed by atoms with van der Waals surface area (Å²) < 4.78 is 0. The molecule has 1 aromatic carbocycles. The molecular weight excluding hydrogens is 208 g/mol. The van der Waals surface area contributed by atoms with Crippen molar-refractivity contribution in [1.82, 2.24) is 0 Å². The van der Waals surface area contributed by atoms with Gasteiger partial charge in [-0.2, -0.15) is 0 Å². The number of nitrogens with zero attached hydrogens (tertiary/aromatic N) is 1. The highest BCUT2D eigenvalue weighted by molar-refractivity contribution is 6.08. The van der Waals surface area contributed by atoms with Crippen molar-refractivity contribution in [3.05, 3.63) is 23.8 Å². The second kappa shape index (κ2) is 3.84. The maximum atomic E-state index is 11.4. The van der Waals surface area contributed by atoms with E-state index in [-0.39, 0.29) is 18.0 Å². The number of nitrogens with one attached hydrogen (secondary N) is 1. The number of carbonyl (C=O) groups is 2. The molecule has 0 aliphatic carbocycles. The average Bonchev–Trinajstić information content (AvgIpc) is 2.26. The smallest absolute Gasteiger partial charge is 0.337 e. The normalized spacial score (nSPS) is 14.3. The highest BCUT2D eigenvalue weighted by Gasteiger charge is 2.24. The van der Waals surface area contributed by atoms with Gasteiger partial charge in [0.2, 0.25) is 5.91 Å². The zero-order chi connectivity index (χ0) is 11.7. The number of benzene rings is 1. The molecule has 0 saturated heterocycles. The van der Waals surface area contributed by atoms with E-state index < -0.39 is 5.97 Å². The zero-order valence-corrected chi connectivity index (χ0v) is 8.86. The first kappa shape index (κ1) is 10.5. The van der Waals surface area contributed by atoms with Gasteiger partial charge < -0.3 is 15.3 Å². The standard InChI is InChI=1S/C11H12N2O3/c1-2-13-6-9(14)12-10-7(11(15)16)4-3-5-8(10)13/h3-5H,2,6H2,1H3,(H,12,14)(H,15,16). The number of para-hydroxylation sites is 1. The largest absolute Gasteiger partial charge is 0.478 e. The molecule has 84 valence electrons. The third kappa shape index (κ3) is 1.60. The van der Waals surface area contributed by atoms with E-state index in [1.54, 1.807) is 6.07 Å². The van der Waals surface area contributed by atoms with E-state index >= 15 is 0 Å². The third-order valence-corrected chi connectivity index (χ3v) is 2.59. The minimum Gasteiger partial charge on any atom is -0.478 e. The molecule has 2 rings (SSSR count). The lowest BCUT2D eigenvalue weighted by Gasteiger charge is -2.30. The van der Waals surface area contributed by atoms with Crippen molar-refractivity contribution in [2.45, 2.75) is 6.92 Å². The minimum atomic E-state index is -1.03. The molecule has 1 aliphatic heterocycles. The van der Waals surface area contributed by atoms with Crippen molar-refractivity contribution in [1.29, 1.82) is 0 Å². The molecule has 1 amide bonds. The Morgan fingerprint density at radius 3 is 2.94 bits per heavy atom. The number of hydrogen-bond acceptors (Lipinski definition) is 3. The van der Waals surface area contributed by atoms with Crippen LogP contribution in [-0.4, -0.2) is 30.1 Å². The maximum Gasteiger partial charge on any atom is 0.337 e. The number of likely N-dealkylation sites (N-methyl/N-ethyl adjacent to an activating group) is 1. The molecule has 16 heavy (non-hydrogen) atoms. The van der Waals surface area contributed by atoms with Crippen molar-refractivity contribution in [2.24, 2.45) is 0 Å². The van der Waals surface area contributed by atoms with E-state index in [1.807, 2.05) is 17.9 Å². The Morgan fingerprint density at radius 2 is 2.31 bits per heavy atom. The summed E-state index contributed by atoms with van der Waals surface area (Å²) in [6, 6.07) is 4.98. The Kier molecular flexibility index (Phi) is 2.52. The molecule has 0 saturated carbocycles. The Labute approximate surface area is 92.7 Å². The van der Waals surface area contributed by atoms with Crippen molar-refractivity contribution in [3.8, 4) is 0 Å². The summed E-state index contributed by atoms with van der Waals surface area (Å²) in [5.41, 5.74) is 1.29. The Balaban J connectivity index is 2.56. The fourth-order valence-corrected chi connectivity index (χ4v) is 1.83. The van der Waals surface area contributed by atoms with E-state index in [2.05, 4.69) is 5.32 Å². The fraction of sp³-hybridized carbons (Fsp3) is 0.273. The predicted octanol–water partition coefficient (Wildman–Crippen LogP) is 1.16. The van der Waals surface area contributed by atoms with Crippen molar-refractivity contribution < 1.29 is 14.7 Å². The van der Waals surface area contributed by atoms with Crippen LogP contribution in [-0.2, 0) is 4.79 Å². The summed E-state index contributed by atoms with van der Waals surface area (Å²) in [4.78, 5) is 24.3. The van der Waals surface area contributed by atoms with Gasteiger partial charge in [-0.3, -0.25) is 4.79 Å². The lowest BCUT2D eigenvalue weighted by atomic mass is 10.1. The number of anilines is 2. The second-order valence-electron chi connectivity index (χ2n) is 3.57. The molecule has 0 radical (unpaired) electrons. The molecule has 1 aromatic rings.